The Bertz CT molecular complexity index is 1480. The van der Waals surface area contributed by atoms with E-state index in [1.54, 1.807) is 45.0 Å². The molecule has 0 spiro atoms. The summed E-state index contributed by atoms with van der Waals surface area (Å²) in [6.07, 6.45) is -1.11. The Labute approximate surface area is 270 Å². The molecular weight excluding hydrogens is 628 g/mol. The van der Waals surface area contributed by atoms with Crippen molar-refractivity contribution in [3.05, 3.63) is 80.6 Å². The molecule has 1 N–H and O–H groups in total. The number of alkyl halides is 1. The number of carbonyl (C=O) groups is 3. The number of thioether (sulfide) groups is 1. The first-order chi connectivity index (χ1) is 20.3. The molecule has 236 valence electrons. The molecule has 13 heteroatoms. The number of hydrogen-bond donors (Lipinski definition) is 1. The first-order valence-corrected chi connectivity index (χ1v) is 15.3. The molecule has 1 saturated heterocycles. The minimum absolute atomic E-state index is 0.136. The van der Waals surface area contributed by atoms with Crippen LogP contribution in [0.2, 0.25) is 0 Å². The van der Waals surface area contributed by atoms with Crippen LogP contribution in [0.3, 0.4) is 0 Å². The molecule has 1 aliphatic heterocycles. The molecule has 1 fully saturated rings. The van der Waals surface area contributed by atoms with E-state index in [9.17, 15) is 29.6 Å². The highest BCUT2D eigenvalue weighted by molar-refractivity contribution is 8.16. The maximum absolute atomic E-state index is 13.7. The van der Waals surface area contributed by atoms with Crippen molar-refractivity contribution in [1.82, 2.24) is 4.90 Å². The number of rotatable bonds is 10. The quantitative estimate of drug-likeness (QED) is 0.0292. The van der Waals surface area contributed by atoms with Crippen molar-refractivity contribution in [2.24, 2.45) is 16.7 Å². The third kappa shape index (κ3) is 8.23. The van der Waals surface area contributed by atoms with Crippen LogP contribution in [-0.2, 0) is 25.7 Å². The molecule has 1 amide bonds. The summed E-state index contributed by atoms with van der Waals surface area (Å²) < 4.78 is 11.6. The number of hydrogen-bond acceptors (Lipinski definition) is 10. The molecule has 3 rings (SSSR count). The number of nitro benzene ring substituents is 1. The summed E-state index contributed by atoms with van der Waals surface area (Å²) in [4.78, 5) is 52.2. The van der Waals surface area contributed by atoms with Crippen molar-refractivity contribution in [3.8, 4) is 5.75 Å². The zero-order valence-electron chi connectivity index (χ0n) is 25.5. The van der Waals surface area contributed by atoms with E-state index in [0.717, 1.165) is 15.3 Å². The Morgan fingerprint density at radius 2 is 1.64 bits per heavy atom. The molecule has 1 heterocycles. The highest BCUT2D eigenvalue weighted by Crippen LogP contribution is 2.41. The molecule has 1 aliphatic rings. The van der Waals surface area contributed by atoms with Gasteiger partial charge in [-0.3, -0.25) is 24.6 Å². The predicted molar refractivity (Wildman–Crippen MR) is 172 cm³/mol. The largest absolute Gasteiger partial charge is 0.456 e. The van der Waals surface area contributed by atoms with E-state index >= 15 is 0 Å². The number of thiocarbonyl (C=S) groups is 1. The normalized spacial score (nSPS) is 18.1. The van der Waals surface area contributed by atoms with E-state index < -0.39 is 45.4 Å². The van der Waals surface area contributed by atoms with Crippen LogP contribution in [0, 0.1) is 26.9 Å². The zero-order chi connectivity index (χ0) is 33.1. The van der Waals surface area contributed by atoms with Crippen LogP contribution in [0.5, 0.6) is 5.75 Å². The molecule has 2 aromatic rings. The van der Waals surface area contributed by atoms with E-state index in [4.69, 9.17) is 33.3 Å². The number of ether oxygens (including phenoxy) is 2. The monoisotopic (exact) mass is 662 g/mol. The highest BCUT2D eigenvalue weighted by Gasteiger charge is 2.53. The molecule has 44 heavy (non-hydrogen) atoms. The smallest absolute Gasteiger partial charge is 0.359 e. The fourth-order valence-corrected chi connectivity index (χ4v) is 5.47. The van der Waals surface area contributed by atoms with Crippen LogP contribution in [0.15, 0.2) is 59.3 Å². The third-order valence-electron chi connectivity index (χ3n) is 6.54. The first-order valence-electron chi connectivity index (χ1n) is 13.7. The molecule has 10 nitrogen and oxygen atoms in total. The number of carbonyl (C=O) groups excluding carboxylic acids is 3. The number of nitrogens with zero attached hydrogens (tertiary/aromatic N) is 2. The van der Waals surface area contributed by atoms with Gasteiger partial charge in [0.25, 0.3) is 5.69 Å². The van der Waals surface area contributed by atoms with Gasteiger partial charge in [-0.05, 0) is 59.5 Å². The Morgan fingerprint density at radius 1 is 1.07 bits per heavy atom. The van der Waals surface area contributed by atoms with Crippen LogP contribution in [0.25, 0.3) is 0 Å². The molecule has 0 aromatic heterocycles. The van der Waals surface area contributed by atoms with Crippen LogP contribution < -0.4 is 4.74 Å². The van der Waals surface area contributed by atoms with E-state index in [0.29, 0.717) is 17.3 Å². The fraction of sp³-hybridized carbons (Fsp3) is 0.419. The molecule has 2 aromatic carbocycles. The van der Waals surface area contributed by atoms with E-state index in [2.05, 4.69) is 0 Å². The first kappa shape index (κ1) is 35.2. The maximum Gasteiger partial charge on any atom is 0.359 e. The Morgan fingerprint density at radius 3 is 2.09 bits per heavy atom. The van der Waals surface area contributed by atoms with Crippen LogP contribution in [-0.4, -0.2) is 48.4 Å². The lowest BCUT2D eigenvalue weighted by Crippen LogP contribution is -2.62. The predicted octanol–water partition coefficient (Wildman–Crippen LogP) is 6.36. The standard InChI is InChI=1S/C31H35ClN2O8S2/c1-17(35)22-25(32)33(26(22)36)23(27(37)41-16-18-8-12-20(13-9-18)34(39)40)28(44-29(38)31(5,6)7)42-21-14-10-19(11-15-21)24(43)30(2,3)4/h8-15,17,22,25,35H,16H2,1-7H3/t17-,22-,25-/m1/s1. The summed E-state index contributed by atoms with van der Waals surface area (Å²) in [6.45, 7) is 12.2. The van der Waals surface area contributed by atoms with Crippen molar-refractivity contribution in [3.63, 3.8) is 0 Å². The van der Waals surface area contributed by atoms with Crippen molar-refractivity contribution in [2.75, 3.05) is 0 Å². The van der Waals surface area contributed by atoms with Crippen molar-refractivity contribution >= 4 is 63.1 Å². The second-order valence-corrected chi connectivity index (χ2v) is 14.1. The van der Waals surface area contributed by atoms with Crippen molar-refractivity contribution in [2.45, 2.75) is 66.7 Å². The molecule has 0 saturated carbocycles. The lowest BCUT2D eigenvalue weighted by molar-refractivity contribution is -0.384. The number of benzene rings is 2. The number of aliphatic hydroxyl groups is 1. The Kier molecular flexibility index (Phi) is 11.0. The summed E-state index contributed by atoms with van der Waals surface area (Å²) >= 11 is 12.7. The fourth-order valence-electron chi connectivity index (χ4n) is 3.93. The number of esters is 1. The highest BCUT2D eigenvalue weighted by atomic mass is 35.5. The number of likely N-dealkylation sites (tertiary alicyclic amines) is 1. The van der Waals surface area contributed by atoms with Gasteiger partial charge in [0.15, 0.2) is 10.8 Å². The van der Waals surface area contributed by atoms with Gasteiger partial charge >= 0.3 is 5.97 Å². The molecule has 0 bridgehead atoms. The second-order valence-electron chi connectivity index (χ2n) is 12.3. The molecule has 3 atom stereocenters. The van der Waals surface area contributed by atoms with Gasteiger partial charge in [0.05, 0.1) is 16.9 Å². The molecular formula is C31H35ClN2O8S2. The van der Waals surface area contributed by atoms with Gasteiger partial charge in [0.1, 0.15) is 17.9 Å². The van der Waals surface area contributed by atoms with Gasteiger partial charge in [-0.2, -0.15) is 0 Å². The second kappa shape index (κ2) is 13.8. The van der Waals surface area contributed by atoms with Gasteiger partial charge in [-0.1, -0.05) is 77.5 Å². The van der Waals surface area contributed by atoms with Gasteiger partial charge in [0.2, 0.25) is 11.0 Å². The number of aliphatic hydroxyl groups excluding tert-OH is 1. The number of halogens is 1. The van der Waals surface area contributed by atoms with Gasteiger partial charge in [-0.15, -0.1) is 0 Å². The topological polar surface area (TPSA) is 136 Å². The SMILES string of the molecule is C[C@@H](O)[C@H]1C(=O)N(C(C(=O)OCc2ccc([N+](=O)[O-])cc2)=C(Oc2ccc(C(=S)C(C)(C)C)cc2)SC(=O)C(C)(C)C)[C@H]1Cl. The molecule has 0 radical (unpaired) electrons. The van der Waals surface area contributed by atoms with E-state index in [1.165, 1.54) is 31.2 Å². The van der Waals surface area contributed by atoms with E-state index in [1.807, 2.05) is 20.8 Å². The van der Waals surface area contributed by atoms with Crippen LogP contribution in [0.4, 0.5) is 5.69 Å². The third-order valence-corrected chi connectivity index (χ3v) is 9.11. The number of β-lactam (4-membered cyclic amide) rings is 1. The minimum Gasteiger partial charge on any atom is -0.456 e. The summed E-state index contributed by atoms with van der Waals surface area (Å²) in [6, 6.07) is 12.2. The van der Waals surface area contributed by atoms with Crippen molar-refractivity contribution < 1.29 is 33.9 Å². The average molecular weight is 663 g/mol. The number of non-ortho nitro benzene ring substituents is 1. The van der Waals surface area contributed by atoms with Gasteiger partial charge in [0, 0.05) is 22.4 Å². The Hall–Kier alpha value is -3.32. The Balaban J connectivity index is 2.07. The lowest BCUT2D eigenvalue weighted by Gasteiger charge is -2.45. The van der Waals surface area contributed by atoms with Crippen LogP contribution in [0.1, 0.15) is 59.6 Å². The summed E-state index contributed by atoms with van der Waals surface area (Å²) in [7, 11) is 0. The lowest BCUT2D eigenvalue weighted by atomic mass is 9.88. The average Bonchev–Trinajstić information content (AvgIpc) is 2.93. The molecule has 0 unspecified atom stereocenters. The van der Waals surface area contributed by atoms with Gasteiger partial charge in [-0.25, -0.2) is 4.79 Å². The number of nitro groups is 1. The van der Waals surface area contributed by atoms with Crippen molar-refractivity contribution in [1.29, 1.82) is 0 Å². The summed E-state index contributed by atoms with van der Waals surface area (Å²) in [5.41, 5.74) is -1.57. The van der Waals surface area contributed by atoms with Gasteiger partial charge < -0.3 is 14.6 Å². The zero-order valence-corrected chi connectivity index (χ0v) is 27.8. The minimum atomic E-state index is -1.14. The van der Waals surface area contributed by atoms with E-state index in [-0.39, 0.29) is 33.7 Å². The summed E-state index contributed by atoms with van der Waals surface area (Å²) in [5, 5.41) is 20.5. The maximum atomic E-state index is 13.7. The number of amides is 1. The molecule has 0 aliphatic carbocycles. The summed E-state index contributed by atoms with van der Waals surface area (Å²) in [5.74, 6) is -2.43. The van der Waals surface area contributed by atoms with Crippen LogP contribution >= 0.6 is 35.6 Å².